The molecule has 0 unspecified atom stereocenters. The first-order chi connectivity index (χ1) is 12.2. The third-order valence-corrected chi connectivity index (χ3v) is 3.55. The summed E-state index contributed by atoms with van der Waals surface area (Å²) in [5, 5.41) is 8.84. The van der Waals surface area contributed by atoms with Crippen LogP contribution in [0.4, 0.5) is 23.7 Å². The van der Waals surface area contributed by atoms with Crippen molar-refractivity contribution in [1.29, 1.82) is 0 Å². The zero-order valence-corrected chi connectivity index (χ0v) is 13.9. The Hall–Kier alpha value is -3.17. The van der Waals surface area contributed by atoms with Crippen LogP contribution in [0.25, 0.3) is 5.78 Å². The standard InChI is InChI=1S/C16H15F3N6O/c1-9-7-10(2)25-14(21-9)23-13(24-25)8-20-15(26)22-12-6-4-3-5-11(12)16(17,18)19/h3-7H,8H2,1-2H3,(H2,20,22,26). The van der Waals surface area contributed by atoms with E-state index >= 15 is 0 Å². The monoisotopic (exact) mass is 364 g/mol. The topological polar surface area (TPSA) is 84.2 Å². The maximum Gasteiger partial charge on any atom is 0.418 e. The summed E-state index contributed by atoms with van der Waals surface area (Å²) in [5.74, 6) is 0.688. The van der Waals surface area contributed by atoms with Crippen LogP contribution in [0.2, 0.25) is 0 Å². The van der Waals surface area contributed by atoms with E-state index in [-0.39, 0.29) is 12.2 Å². The third-order valence-electron chi connectivity index (χ3n) is 3.55. The number of hydrogen-bond acceptors (Lipinski definition) is 4. The van der Waals surface area contributed by atoms with E-state index in [9.17, 15) is 18.0 Å². The summed E-state index contributed by atoms with van der Waals surface area (Å²) in [6.45, 7) is 3.61. The molecule has 0 saturated heterocycles. The number of nitrogens with one attached hydrogen (secondary N) is 2. The normalized spacial score (nSPS) is 11.6. The lowest BCUT2D eigenvalue weighted by Gasteiger charge is -2.13. The molecule has 0 radical (unpaired) electrons. The summed E-state index contributed by atoms with van der Waals surface area (Å²) in [5.41, 5.74) is 0.364. The molecule has 26 heavy (non-hydrogen) atoms. The lowest BCUT2D eigenvalue weighted by atomic mass is 10.1. The summed E-state index contributed by atoms with van der Waals surface area (Å²) < 4.78 is 40.3. The van der Waals surface area contributed by atoms with Crippen molar-refractivity contribution in [2.24, 2.45) is 0 Å². The van der Waals surface area contributed by atoms with Gasteiger partial charge in [0.25, 0.3) is 5.78 Å². The van der Waals surface area contributed by atoms with Gasteiger partial charge in [-0.25, -0.2) is 14.3 Å². The number of benzene rings is 1. The zero-order chi connectivity index (χ0) is 18.9. The molecule has 0 aliphatic heterocycles. The first-order valence-corrected chi connectivity index (χ1v) is 7.65. The molecule has 0 saturated carbocycles. The fraction of sp³-hybridized carbons (Fsp3) is 0.250. The van der Waals surface area contributed by atoms with E-state index in [1.807, 2.05) is 19.9 Å². The van der Waals surface area contributed by atoms with Crippen molar-refractivity contribution in [2.45, 2.75) is 26.6 Å². The molecule has 7 nitrogen and oxygen atoms in total. The molecular formula is C16H15F3N6O. The molecule has 0 aliphatic rings. The first-order valence-electron chi connectivity index (χ1n) is 7.65. The molecule has 0 bridgehead atoms. The molecule has 0 atom stereocenters. The highest BCUT2D eigenvalue weighted by Crippen LogP contribution is 2.34. The Labute approximate surface area is 146 Å². The Morgan fingerprint density at radius 1 is 1.19 bits per heavy atom. The second-order valence-corrected chi connectivity index (χ2v) is 5.63. The molecule has 0 fully saturated rings. The van der Waals surface area contributed by atoms with Gasteiger partial charge in [-0.1, -0.05) is 12.1 Å². The lowest BCUT2D eigenvalue weighted by molar-refractivity contribution is -0.136. The van der Waals surface area contributed by atoms with E-state index in [1.165, 1.54) is 22.7 Å². The van der Waals surface area contributed by atoms with Gasteiger partial charge in [-0.05, 0) is 32.0 Å². The van der Waals surface area contributed by atoms with Crippen LogP contribution in [0, 0.1) is 13.8 Å². The fourth-order valence-corrected chi connectivity index (χ4v) is 2.45. The van der Waals surface area contributed by atoms with E-state index in [0.717, 1.165) is 17.5 Å². The number of aromatic nitrogens is 4. The number of nitrogens with zero attached hydrogens (tertiary/aromatic N) is 4. The van der Waals surface area contributed by atoms with Crippen LogP contribution in [-0.4, -0.2) is 25.6 Å². The molecule has 0 spiro atoms. The molecule has 10 heteroatoms. The minimum Gasteiger partial charge on any atom is -0.330 e. The van der Waals surface area contributed by atoms with Gasteiger partial charge in [-0.2, -0.15) is 18.2 Å². The van der Waals surface area contributed by atoms with Gasteiger partial charge in [0.05, 0.1) is 17.8 Å². The van der Waals surface area contributed by atoms with Crippen LogP contribution in [0.15, 0.2) is 30.3 Å². The Morgan fingerprint density at radius 2 is 1.92 bits per heavy atom. The highest BCUT2D eigenvalue weighted by atomic mass is 19.4. The van der Waals surface area contributed by atoms with Crippen molar-refractivity contribution in [1.82, 2.24) is 24.9 Å². The SMILES string of the molecule is Cc1cc(C)n2nc(CNC(=O)Nc3ccccc3C(F)(F)F)nc2n1. The third kappa shape index (κ3) is 3.73. The van der Waals surface area contributed by atoms with Crippen LogP contribution in [-0.2, 0) is 12.7 Å². The van der Waals surface area contributed by atoms with Crippen molar-refractivity contribution in [2.75, 3.05) is 5.32 Å². The van der Waals surface area contributed by atoms with E-state index in [1.54, 1.807) is 0 Å². The van der Waals surface area contributed by atoms with Gasteiger partial charge in [0, 0.05) is 11.4 Å². The predicted molar refractivity (Wildman–Crippen MR) is 87.6 cm³/mol. The highest BCUT2D eigenvalue weighted by molar-refractivity contribution is 5.90. The molecule has 3 aromatic rings. The number of fused-ring (bicyclic) bond motifs is 1. The number of carbonyl (C=O) groups excluding carboxylic acids is 1. The number of alkyl halides is 3. The van der Waals surface area contributed by atoms with Gasteiger partial charge >= 0.3 is 12.2 Å². The summed E-state index contributed by atoms with van der Waals surface area (Å²) >= 11 is 0. The number of urea groups is 1. The van der Waals surface area contributed by atoms with Gasteiger partial charge in [-0.15, -0.1) is 5.10 Å². The second-order valence-electron chi connectivity index (χ2n) is 5.63. The first kappa shape index (κ1) is 17.6. The van der Waals surface area contributed by atoms with Gasteiger partial charge < -0.3 is 10.6 Å². The van der Waals surface area contributed by atoms with Crippen LogP contribution in [0.3, 0.4) is 0 Å². The quantitative estimate of drug-likeness (QED) is 0.748. The number of halogens is 3. The molecule has 2 N–H and O–H groups in total. The highest BCUT2D eigenvalue weighted by Gasteiger charge is 2.33. The molecule has 1 aromatic carbocycles. The predicted octanol–water partition coefficient (Wildman–Crippen LogP) is 3.08. The number of carbonyl (C=O) groups is 1. The van der Waals surface area contributed by atoms with E-state index in [2.05, 4.69) is 25.7 Å². The van der Waals surface area contributed by atoms with Crippen molar-refractivity contribution >= 4 is 17.5 Å². The second kappa shape index (κ2) is 6.62. The average molecular weight is 364 g/mol. The number of aryl methyl sites for hydroxylation is 2. The van der Waals surface area contributed by atoms with E-state index < -0.39 is 17.8 Å². The fourth-order valence-electron chi connectivity index (χ4n) is 2.45. The zero-order valence-electron chi connectivity index (χ0n) is 13.9. The summed E-state index contributed by atoms with van der Waals surface area (Å²) in [4.78, 5) is 20.3. The van der Waals surface area contributed by atoms with Crippen molar-refractivity contribution in [3.63, 3.8) is 0 Å². The van der Waals surface area contributed by atoms with Gasteiger partial charge in [0.15, 0.2) is 5.82 Å². The Morgan fingerprint density at radius 3 is 2.65 bits per heavy atom. The van der Waals surface area contributed by atoms with E-state index in [4.69, 9.17) is 0 Å². The molecule has 2 amide bonds. The molecular weight excluding hydrogens is 349 g/mol. The molecule has 3 rings (SSSR count). The number of hydrogen-bond donors (Lipinski definition) is 2. The molecule has 2 heterocycles. The van der Waals surface area contributed by atoms with Crippen LogP contribution < -0.4 is 10.6 Å². The minimum atomic E-state index is -4.56. The summed E-state index contributed by atoms with van der Waals surface area (Å²) in [6.07, 6.45) is -4.56. The molecule has 2 aromatic heterocycles. The van der Waals surface area contributed by atoms with Crippen molar-refractivity contribution in [3.8, 4) is 0 Å². The molecule has 0 aliphatic carbocycles. The summed E-state index contributed by atoms with van der Waals surface area (Å²) in [7, 11) is 0. The molecule has 136 valence electrons. The lowest BCUT2D eigenvalue weighted by Crippen LogP contribution is -2.29. The average Bonchev–Trinajstić information content (AvgIpc) is 2.96. The van der Waals surface area contributed by atoms with Crippen molar-refractivity contribution < 1.29 is 18.0 Å². The van der Waals surface area contributed by atoms with Gasteiger partial charge in [-0.3, -0.25) is 0 Å². The van der Waals surface area contributed by atoms with Gasteiger partial charge in [0.1, 0.15) is 0 Å². The Bertz CT molecular complexity index is 966. The number of anilines is 1. The minimum absolute atomic E-state index is 0.0537. The van der Waals surface area contributed by atoms with Crippen LogP contribution in [0.5, 0.6) is 0 Å². The number of para-hydroxylation sites is 1. The largest absolute Gasteiger partial charge is 0.418 e. The number of amides is 2. The summed E-state index contributed by atoms with van der Waals surface area (Å²) in [6, 6.07) is 5.79. The van der Waals surface area contributed by atoms with Crippen molar-refractivity contribution in [3.05, 3.63) is 53.1 Å². The Kier molecular flexibility index (Phi) is 4.49. The maximum absolute atomic E-state index is 12.9. The maximum atomic E-state index is 12.9. The Balaban J connectivity index is 1.70. The smallest absolute Gasteiger partial charge is 0.330 e. The van der Waals surface area contributed by atoms with Gasteiger partial charge in [0.2, 0.25) is 0 Å². The van der Waals surface area contributed by atoms with E-state index in [0.29, 0.717) is 11.6 Å². The number of rotatable bonds is 3. The van der Waals surface area contributed by atoms with Crippen LogP contribution in [0.1, 0.15) is 22.8 Å². The van der Waals surface area contributed by atoms with Crippen LogP contribution >= 0.6 is 0 Å².